The summed E-state index contributed by atoms with van der Waals surface area (Å²) in [6, 6.07) is 3.41. The number of nitrogen functional groups attached to an aromatic ring is 1. The van der Waals surface area contributed by atoms with E-state index in [1.165, 1.54) is 0 Å². The molecule has 13 nitrogen and oxygen atoms in total. The number of carbonyl (C=O) groups is 3. The highest BCUT2D eigenvalue weighted by Gasteiger charge is 2.23. The number of amides is 1. The number of carboxylic acid groups (broad SMARTS) is 2. The molecule has 0 radical (unpaired) electrons. The van der Waals surface area contributed by atoms with Crippen molar-refractivity contribution in [2.45, 2.75) is 31.8 Å². The van der Waals surface area contributed by atoms with E-state index in [1.54, 1.807) is 25.1 Å². The summed E-state index contributed by atoms with van der Waals surface area (Å²) in [5.41, 5.74) is 7.23. The van der Waals surface area contributed by atoms with Gasteiger partial charge in [-0.2, -0.15) is 4.98 Å². The van der Waals surface area contributed by atoms with E-state index in [0.717, 1.165) is 11.3 Å². The second kappa shape index (κ2) is 9.89. The van der Waals surface area contributed by atoms with Crippen molar-refractivity contribution in [3.8, 4) is 0 Å². The van der Waals surface area contributed by atoms with Gasteiger partial charge < -0.3 is 37.2 Å². The van der Waals surface area contributed by atoms with E-state index in [0.29, 0.717) is 24.6 Å². The maximum absolute atomic E-state index is 12.4. The van der Waals surface area contributed by atoms with E-state index >= 15 is 0 Å². The average molecular weight is 459 g/mol. The molecule has 0 bridgehead atoms. The molecule has 1 aromatic heterocycles. The lowest BCUT2D eigenvalue weighted by Gasteiger charge is -2.27. The minimum Gasteiger partial charge on any atom is -0.481 e. The van der Waals surface area contributed by atoms with E-state index in [1.807, 2.05) is 0 Å². The molecule has 1 amide bonds. The van der Waals surface area contributed by atoms with Crippen molar-refractivity contribution in [2.75, 3.05) is 34.8 Å². The second-order valence-corrected chi connectivity index (χ2v) is 7.60. The quantitative estimate of drug-likeness (QED) is 0.250. The zero-order chi connectivity index (χ0) is 24.1. The van der Waals surface area contributed by atoms with E-state index < -0.39 is 23.9 Å². The Morgan fingerprint density at radius 3 is 2.73 bits per heavy atom. The molecule has 2 atom stereocenters. The summed E-state index contributed by atoms with van der Waals surface area (Å²) in [5, 5.41) is 29.7. The molecule has 1 aromatic carbocycles. The highest BCUT2D eigenvalue weighted by atomic mass is 16.4. The number of benzene rings is 1. The lowest BCUT2D eigenvalue weighted by molar-refractivity contribution is -0.140. The molecule has 0 saturated heterocycles. The molecule has 1 aliphatic rings. The number of rotatable bonds is 9. The van der Waals surface area contributed by atoms with Crippen LogP contribution < -0.4 is 32.6 Å². The topological polar surface area (TPSA) is 212 Å². The van der Waals surface area contributed by atoms with Crippen LogP contribution in [0.3, 0.4) is 0 Å². The van der Waals surface area contributed by atoms with Gasteiger partial charge in [-0.05, 0) is 37.1 Å². The molecule has 1 unspecified atom stereocenters. The highest BCUT2D eigenvalue weighted by Crippen LogP contribution is 2.21. The van der Waals surface area contributed by atoms with Crippen LogP contribution in [-0.4, -0.2) is 63.2 Å². The van der Waals surface area contributed by atoms with Crippen molar-refractivity contribution in [3.05, 3.63) is 39.7 Å². The summed E-state index contributed by atoms with van der Waals surface area (Å²) in [6.45, 7) is 2.75. The van der Waals surface area contributed by atoms with Gasteiger partial charge in [0.2, 0.25) is 5.95 Å². The normalized spacial score (nSPS) is 15.4. The van der Waals surface area contributed by atoms with Gasteiger partial charge in [0.05, 0.1) is 6.04 Å². The fourth-order valence-corrected chi connectivity index (χ4v) is 3.35. The Labute approximate surface area is 187 Å². The van der Waals surface area contributed by atoms with Crippen molar-refractivity contribution >= 4 is 41.0 Å². The fourth-order valence-electron chi connectivity index (χ4n) is 3.35. The number of nitrogens with two attached hydrogens (primary N) is 1. The van der Waals surface area contributed by atoms with Gasteiger partial charge in [0.25, 0.3) is 11.5 Å². The monoisotopic (exact) mass is 459 g/mol. The van der Waals surface area contributed by atoms with Crippen molar-refractivity contribution in [3.63, 3.8) is 0 Å². The number of aromatic nitrogens is 2. The van der Waals surface area contributed by atoms with Crippen molar-refractivity contribution in [1.29, 1.82) is 0 Å². The van der Waals surface area contributed by atoms with E-state index in [-0.39, 0.29) is 36.0 Å². The number of aliphatic carboxylic acids is 2. The minimum atomic E-state index is -1.30. The molecular formula is C20H25N7O6. The molecule has 13 heteroatoms. The first-order valence-electron chi connectivity index (χ1n) is 10.1. The number of H-pyrrole nitrogens is 1. The first-order chi connectivity index (χ1) is 15.6. The standard InChI is InChI=1S/C20H25N7O6/c1-9-6-10(17(30)25-13(19(32)33)4-5-14(28)29)2-3-12(9)22-7-11-8-23-16-15(24-11)18(31)27-20(21)26-16/h2-3,6,11,13,22,24H,4-5,7-8H2,1H3,(H,25,30)(H,28,29)(H,32,33)(H4,21,23,26,27,31)/t11?,13-/m0/s1. The van der Waals surface area contributed by atoms with Crippen LogP contribution in [0.2, 0.25) is 0 Å². The third-order valence-electron chi connectivity index (χ3n) is 5.08. The number of carbonyl (C=O) groups excluding carboxylic acids is 1. The second-order valence-electron chi connectivity index (χ2n) is 7.60. The van der Waals surface area contributed by atoms with Gasteiger partial charge in [0.1, 0.15) is 11.7 Å². The molecule has 0 spiro atoms. The summed E-state index contributed by atoms with van der Waals surface area (Å²) in [7, 11) is 0. The minimum absolute atomic E-state index is 0.0286. The number of fused-ring (bicyclic) bond motifs is 1. The predicted molar refractivity (Wildman–Crippen MR) is 121 cm³/mol. The molecule has 2 heterocycles. The number of anilines is 4. The molecule has 33 heavy (non-hydrogen) atoms. The van der Waals surface area contributed by atoms with Crippen LogP contribution in [0, 0.1) is 6.92 Å². The maximum Gasteiger partial charge on any atom is 0.326 e. The summed E-state index contributed by atoms with van der Waals surface area (Å²) in [4.78, 5) is 52.9. The summed E-state index contributed by atoms with van der Waals surface area (Å²) in [5.74, 6) is -2.63. The van der Waals surface area contributed by atoms with Crippen LogP contribution in [-0.2, 0) is 9.59 Å². The number of nitrogens with one attached hydrogen (secondary N) is 5. The Morgan fingerprint density at radius 1 is 1.30 bits per heavy atom. The van der Waals surface area contributed by atoms with E-state index in [9.17, 15) is 24.3 Å². The van der Waals surface area contributed by atoms with Crippen LogP contribution in [0.15, 0.2) is 23.0 Å². The Kier molecular flexibility index (Phi) is 7.00. The molecule has 9 N–H and O–H groups in total. The number of hydrogen-bond acceptors (Lipinski definition) is 9. The van der Waals surface area contributed by atoms with E-state index in [4.69, 9.17) is 10.8 Å². The maximum atomic E-state index is 12.4. The average Bonchev–Trinajstić information content (AvgIpc) is 2.75. The molecule has 3 rings (SSSR count). The van der Waals surface area contributed by atoms with Crippen LogP contribution in [0.1, 0.15) is 28.8 Å². The molecule has 1 aliphatic heterocycles. The summed E-state index contributed by atoms with van der Waals surface area (Å²) in [6.07, 6.45) is -0.589. The Morgan fingerprint density at radius 2 is 2.06 bits per heavy atom. The molecular weight excluding hydrogens is 434 g/mol. The summed E-state index contributed by atoms with van der Waals surface area (Å²) >= 11 is 0. The van der Waals surface area contributed by atoms with Gasteiger partial charge in [0, 0.05) is 30.8 Å². The predicted octanol–water partition coefficient (Wildman–Crippen LogP) is 0.0264. The third kappa shape index (κ3) is 5.90. The highest BCUT2D eigenvalue weighted by molar-refractivity contribution is 5.97. The van der Waals surface area contributed by atoms with Crippen LogP contribution >= 0.6 is 0 Å². The lowest BCUT2D eigenvalue weighted by atomic mass is 10.1. The van der Waals surface area contributed by atoms with Gasteiger partial charge >= 0.3 is 11.9 Å². The SMILES string of the molecule is Cc1cc(C(=O)N[C@@H](CCC(=O)O)C(=O)O)ccc1NCC1CNc2nc(N)[nH]c(=O)c2N1. The molecule has 176 valence electrons. The van der Waals surface area contributed by atoms with Crippen molar-refractivity contribution in [2.24, 2.45) is 0 Å². The Hall–Kier alpha value is -4.29. The molecule has 0 aliphatic carbocycles. The van der Waals surface area contributed by atoms with Crippen molar-refractivity contribution in [1.82, 2.24) is 15.3 Å². The molecule has 0 saturated carbocycles. The van der Waals surface area contributed by atoms with Gasteiger partial charge in [-0.3, -0.25) is 19.4 Å². The smallest absolute Gasteiger partial charge is 0.326 e. The van der Waals surface area contributed by atoms with Crippen LogP contribution in [0.5, 0.6) is 0 Å². The van der Waals surface area contributed by atoms with Crippen molar-refractivity contribution < 1.29 is 24.6 Å². The van der Waals surface area contributed by atoms with Crippen LogP contribution in [0.25, 0.3) is 0 Å². The number of nitrogens with zero attached hydrogens (tertiary/aromatic N) is 1. The first-order valence-corrected chi connectivity index (χ1v) is 10.1. The first kappa shape index (κ1) is 23.4. The molecule has 0 fully saturated rings. The van der Waals surface area contributed by atoms with Gasteiger partial charge in [0.15, 0.2) is 5.82 Å². The zero-order valence-electron chi connectivity index (χ0n) is 17.8. The third-order valence-corrected chi connectivity index (χ3v) is 5.08. The Bertz CT molecular complexity index is 1130. The number of hydrogen-bond donors (Lipinski definition) is 8. The lowest BCUT2D eigenvalue weighted by Crippen LogP contribution is -2.41. The van der Waals surface area contributed by atoms with Gasteiger partial charge in [-0.15, -0.1) is 0 Å². The number of carboxylic acids is 2. The van der Waals surface area contributed by atoms with E-state index in [2.05, 4.69) is 31.2 Å². The molecule has 2 aromatic rings. The van der Waals surface area contributed by atoms with Gasteiger partial charge in [-0.1, -0.05) is 0 Å². The largest absolute Gasteiger partial charge is 0.481 e. The number of aromatic amines is 1. The van der Waals surface area contributed by atoms with Gasteiger partial charge in [-0.25, -0.2) is 4.79 Å². The number of aryl methyl sites for hydroxylation is 1. The fraction of sp³-hybridized carbons (Fsp3) is 0.350. The zero-order valence-corrected chi connectivity index (χ0v) is 17.8. The van der Waals surface area contributed by atoms with Crippen LogP contribution in [0.4, 0.5) is 23.1 Å². The summed E-state index contributed by atoms with van der Waals surface area (Å²) < 4.78 is 0. The Balaban J connectivity index is 1.60.